The van der Waals surface area contributed by atoms with E-state index in [4.69, 9.17) is 7.16 Å². The second-order valence-corrected chi connectivity index (χ2v) is 13.2. The number of benzene rings is 1. The molecule has 5 aromatic rings. The molecular weight excluding hydrogens is 745 g/mol. The van der Waals surface area contributed by atoms with Crippen molar-refractivity contribution in [2.75, 3.05) is 0 Å². The summed E-state index contributed by atoms with van der Waals surface area (Å²) < 4.78 is 24.3. The van der Waals surface area contributed by atoms with Gasteiger partial charge in [-0.1, -0.05) is 65.5 Å². The largest absolute Gasteiger partial charge is 0.512 e. The average Bonchev–Trinajstić information content (AvgIpc) is 3.59. The van der Waals surface area contributed by atoms with Crippen LogP contribution in [0.5, 0.6) is 0 Å². The summed E-state index contributed by atoms with van der Waals surface area (Å²) in [6.07, 6.45) is 5.29. The summed E-state index contributed by atoms with van der Waals surface area (Å²) in [5, 5.41) is 12.7. The Bertz CT molecular complexity index is 1830. The SMILES string of the molecule is CCC(CC)C(=O)/C=C(\O)C(CC)CC.[2H]C([2H])(c1cc2cnc(-c3[c-]ccc4c3oc3nc(C)ccc34)cc2s1)C(C)(C)C.[Ir]. The van der Waals surface area contributed by atoms with E-state index in [1.165, 1.54) is 17.4 Å². The van der Waals surface area contributed by atoms with Gasteiger partial charge < -0.3 is 14.5 Å². The maximum Gasteiger partial charge on any atom is 0.216 e. The van der Waals surface area contributed by atoms with Crippen molar-refractivity contribution in [2.45, 2.75) is 87.4 Å². The fourth-order valence-corrected chi connectivity index (χ4v) is 6.37. The number of thiophene rings is 1. The first kappa shape index (κ1) is 32.5. The van der Waals surface area contributed by atoms with Crippen molar-refractivity contribution >= 4 is 49.3 Å². The summed E-state index contributed by atoms with van der Waals surface area (Å²) in [7, 11) is 0. The molecule has 0 aliphatic carbocycles. The number of pyridine rings is 2. The fourth-order valence-electron chi connectivity index (χ4n) is 5.19. The molecule has 0 amide bonds. The number of carbonyl (C=O) groups excluding carboxylic acids is 1. The molecular formula is C37H45IrN2O3S-. The number of carbonyl (C=O) groups is 1. The summed E-state index contributed by atoms with van der Waals surface area (Å²) >= 11 is 1.48. The molecule has 1 radical (unpaired) electrons. The number of aliphatic hydroxyl groups is 1. The van der Waals surface area contributed by atoms with Gasteiger partial charge in [-0.3, -0.25) is 4.79 Å². The van der Waals surface area contributed by atoms with Gasteiger partial charge in [-0.25, -0.2) is 4.98 Å². The monoisotopic (exact) mass is 792 g/mol. The van der Waals surface area contributed by atoms with Gasteiger partial charge in [0.2, 0.25) is 5.71 Å². The van der Waals surface area contributed by atoms with E-state index in [1.807, 2.05) is 91.8 Å². The zero-order valence-corrected chi connectivity index (χ0v) is 30.2. The molecule has 237 valence electrons. The molecule has 1 N–H and O–H groups in total. The Hall–Kier alpha value is -2.86. The first-order valence-corrected chi connectivity index (χ1v) is 16.1. The van der Waals surface area contributed by atoms with Crippen LogP contribution in [-0.4, -0.2) is 20.9 Å². The molecule has 0 unspecified atom stereocenters. The Labute approximate surface area is 282 Å². The van der Waals surface area contributed by atoms with Crippen LogP contribution in [0.1, 0.15) is 87.5 Å². The minimum atomic E-state index is -1.43. The van der Waals surface area contributed by atoms with E-state index in [2.05, 4.69) is 16.0 Å². The predicted octanol–water partition coefficient (Wildman–Crippen LogP) is 10.8. The molecule has 0 aliphatic heterocycles. The Morgan fingerprint density at radius 2 is 1.75 bits per heavy atom. The summed E-state index contributed by atoms with van der Waals surface area (Å²) in [6.45, 7) is 15.8. The summed E-state index contributed by atoms with van der Waals surface area (Å²) in [5.41, 5.74) is 3.30. The number of aromatic nitrogens is 2. The van der Waals surface area contributed by atoms with Gasteiger partial charge in [0.15, 0.2) is 5.78 Å². The molecule has 7 heteroatoms. The van der Waals surface area contributed by atoms with E-state index >= 15 is 0 Å². The molecule has 5 nitrogen and oxygen atoms in total. The van der Waals surface area contributed by atoms with Crippen LogP contribution in [0.3, 0.4) is 0 Å². The Morgan fingerprint density at radius 3 is 2.39 bits per heavy atom. The second kappa shape index (κ2) is 15.4. The smallest absolute Gasteiger partial charge is 0.216 e. The standard InChI is InChI=1S/C24H21N2OS.C13H24O2.Ir/c1-14-8-9-18-17-6-5-7-19(22(17)27-23(18)26-14)20-11-21-15(13-25-20)10-16(28-21)12-24(2,3)4;1-5-10(6-2)12(14)9-13(15)11(7-3)8-4;/h5-6,8-11,13H,12H2,1-4H3;9-11,14H,5-8H2,1-4H3;/q-1;;/b;12-9-;/i12D2;;. The minimum absolute atomic E-state index is 0. The third-order valence-corrected chi connectivity index (χ3v) is 8.69. The molecule has 0 fully saturated rings. The number of nitrogens with zero attached hydrogens (tertiary/aromatic N) is 2. The zero-order chi connectivity index (χ0) is 33.1. The molecule has 44 heavy (non-hydrogen) atoms. The molecule has 1 aromatic carbocycles. The fraction of sp³-hybridized carbons (Fsp3) is 0.432. The molecule has 0 bridgehead atoms. The Morgan fingerprint density at radius 1 is 1.07 bits per heavy atom. The van der Waals surface area contributed by atoms with Crippen molar-refractivity contribution in [3.8, 4) is 11.3 Å². The molecule has 0 saturated heterocycles. The van der Waals surface area contributed by atoms with Crippen molar-refractivity contribution < 1.29 is 37.2 Å². The third-order valence-electron chi connectivity index (χ3n) is 7.68. The van der Waals surface area contributed by atoms with Gasteiger partial charge in [0, 0.05) is 73.0 Å². The van der Waals surface area contributed by atoms with Crippen LogP contribution >= 0.6 is 11.3 Å². The second-order valence-electron chi connectivity index (χ2n) is 12.1. The molecule has 0 spiro atoms. The van der Waals surface area contributed by atoms with Crippen LogP contribution in [0, 0.1) is 30.2 Å². The van der Waals surface area contributed by atoms with Crippen molar-refractivity contribution in [1.29, 1.82) is 0 Å². The normalized spacial score (nSPS) is 13.2. The van der Waals surface area contributed by atoms with Crippen LogP contribution < -0.4 is 0 Å². The van der Waals surface area contributed by atoms with E-state index in [-0.39, 0.29) is 43.5 Å². The summed E-state index contributed by atoms with van der Waals surface area (Å²) in [4.78, 5) is 21.6. The molecule has 4 heterocycles. The van der Waals surface area contributed by atoms with Gasteiger partial charge >= 0.3 is 0 Å². The molecule has 4 aromatic heterocycles. The van der Waals surface area contributed by atoms with Crippen molar-refractivity contribution in [2.24, 2.45) is 17.3 Å². The molecule has 5 rings (SSSR count). The number of ketones is 1. The summed E-state index contributed by atoms with van der Waals surface area (Å²) in [5.74, 6) is 0.547. The van der Waals surface area contributed by atoms with Gasteiger partial charge in [0.25, 0.3) is 0 Å². The van der Waals surface area contributed by atoms with Crippen LogP contribution in [0.2, 0.25) is 0 Å². The number of fused-ring (bicyclic) bond motifs is 4. The maximum absolute atomic E-state index is 11.7. The minimum Gasteiger partial charge on any atom is -0.512 e. The van der Waals surface area contributed by atoms with Crippen molar-refractivity contribution in [3.05, 3.63) is 71.1 Å². The average molecular weight is 792 g/mol. The van der Waals surface area contributed by atoms with E-state index < -0.39 is 11.8 Å². The molecule has 0 saturated carbocycles. The number of allylic oxidation sites excluding steroid dienone is 2. The maximum atomic E-state index is 11.7. The van der Waals surface area contributed by atoms with Crippen molar-refractivity contribution in [3.63, 3.8) is 0 Å². The number of aliphatic hydroxyl groups excluding tert-OH is 1. The number of furan rings is 1. The van der Waals surface area contributed by atoms with Gasteiger partial charge in [-0.15, -0.1) is 29.5 Å². The molecule has 0 atom stereocenters. The van der Waals surface area contributed by atoms with Crippen LogP contribution in [0.25, 0.3) is 43.4 Å². The topological polar surface area (TPSA) is 76.2 Å². The quantitative estimate of drug-likeness (QED) is 0.0914. The van der Waals surface area contributed by atoms with E-state index in [1.54, 1.807) is 6.20 Å². The first-order valence-electron chi connectivity index (χ1n) is 16.3. The number of hydrogen-bond acceptors (Lipinski definition) is 6. The molecule has 0 aliphatic rings. The predicted molar refractivity (Wildman–Crippen MR) is 181 cm³/mol. The zero-order valence-electron chi connectivity index (χ0n) is 29.0. The van der Waals surface area contributed by atoms with Crippen molar-refractivity contribution in [1.82, 2.24) is 9.97 Å². The number of aryl methyl sites for hydroxylation is 1. The number of rotatable bonds is 9. The Kier molecular flexibility index (Phi) is 11.4. The van der Waals surface area contributed by atoms with E-state index in [0.717, 1.165) is 74.0 Å². The van der Waals surface area contributed by atoms with E-state index in [9.17, 15) is 9.90 Å². The Balaban J connectivity index is 0.000000309. The summed E-state index contributed by atoms with van der Waals surface area (Å²) in [6, 6.07) is 15.1. The van der Waals surface area contributed by atoms with Crippen LogP contribution in [0.15, 0.2) is 58.8 Å². The van der Waals surface area contributed by atoms with Crippen LogP contribution in [-0.2, 0) is 31.3 Å². The van der Waals surface area contributed by atoms with Gasteiger partial charge in [-0.05, 0) is 68.3 Å². The van der Waals surface area contributed by atoms with Crippen LogP contribution in [0.4, 0.5) is 0 Å². The first-order chi connectivity index (χ1) is 21.2. The number of hydrogen-bond donors (Lipinski definition) is 1. The third kappa shape index (κ3) is 8.44. The van der Waals surface area contributed by atoms with Gasteiger partial charge in [0.05, 0.1) is 11.3 Å². The van der Waals surface area contributed by atoms with Gasteiger partial charge in [0.1, 0.15) is 0 Å². The van der Waals surface area contributed by atoms with Gasteiger partial charge in [-0.2, -0.15) is 0 Å². The van der Waals surface area contributed by atoms with E-state index in [0.29, 0.717) is 5.71 Å².